The van der Waals surface area contributed by atoms with Gasteiger partial charge in [0.05, 0.1) is 19.1 Å². The summed E-state index contributed by atoms with van der Waals surface area (Å²) in [6, 6.07) is 0.994. The van der Waals surface area contributed by atoms with Gasteiger partial charge in [-0.1, -0.05) is 18.6 Å². The molecule has 0 bridgehead atoms. The summed E-state index contributed by atoms with van der Waals surface area (Å²) < 4.78 is 17.3. The third kappa shape index (κ3) is 3.50. The fraction of sp³-hybridized carbons (Fsp3) is 0.903. The molecular formula is C31H48N2O4. The van der Waals surface area contributed by atoms with E-state index < -0.39 is 0 Å². The van der Waals surface area contributed by atoms with Crippen molar-refractivity contribution >= 4 is 6.09 Å². The molecule has 0 N–H and O–H groups in total. The van der Waals surface area contributed by atoms with Crippen LogP contribution < -0.4 is 0 Å². The van der Waals surface area contributed by atoms with Gasteiger partial charge in [0.15, 0.2) is 6.29 Å². The van der Waals surface area contributed by atoms with Crippen molar-refractivity contribution in [3.05, 3.63) is 11.6 Å². The molecule has 3 heterocycles. The van der Waals surface area contributed by atoms with Crippen LogP contribution in [0.2, 0.25) is 0 Å². The van der Waals surface area contributed by atoms with E-state index in [1.807, 2.05) is 11.9 Å². The highest BCUT2D eigenvalue weighted by Crippen LogP contribution is 2.69. The minimum atomic E-state index is -0.180. The fourth-order valence-corrected chi connectivity index (χ4v) is 11.1. The number of carbonyl (C=O) groups is 1. The zero-order chi connectivity index (χ0) is 25.5. The lowest BCUT2D eigenvalue weighted by Crippen LogP contribution is -2.54. The number of ether oxygens (including phenoxy) is 3. The first-order valence-corrected chi connectivity index (χ1v) is 15.4. The Balaban J connectivity index is 1.06. The van der Waals surface area contributed by atoms with Crippen LogP contribution in [0.5, 0.6) is 0 Å². The zero-order valence-electron chi connectivity index (χ0n) is 23.5. The van der Waals surface area contributed by atoms with E-state index in [1.54, 1.807) is 5.57 Å². The molecule has 11 atom stereocenters. The number of nitrogens with zero attached hydrogens (tertiary/aromatic N) is 2. The molecule has 0 aromatic heterocycles. The van der Waals surface area contributed by atoms with E-state index in [1.165, 1.54) is 51.5 Å². The Morgan fingerprint density at radius 2 is 1.95 bits per heavy atom. The Morgan fingerprint density at radius 1 is 1.11 bits per heavy atom. The van der Waals surface area contributed by atoms with Crippen molar-refractivity contribution in [1.29, 1.82) is 0 Å². The van der Waals surface area contributed by atoms with Crippen LogP contribution in [0.4, 0.5) is 4.79 Å². The Labute approximate surface area is 223 Å². The van der Waals surface area contributed by atoms with Crippen LogP contribution in [0.3, 0.4) is 0 Å². The predicted molar refractivity (Wildman–Crippen MR) is 142 cm³/mol. The normalized spacial score (nSPS) is 50.5. The first-order chi connectivity index (χ1) is 17.9. The highest BCUT2D eigenvalue weighted by molar-refractivity contribution is 5.68. The molecule has 6 fully saturated rings. The molecule has 1 amide bonds. The minimum Gasteiger partial charge on any atom is -0.443 e. The fourth-order valence-electron chi connectivity index (χ4n) is 11.1. The van der Waals surface area contributed by atoms with Crippen molar-refractivity contribution in [2.45, 2.75) is 103 Å². The average molecular weight is 513 g/mol. The standard InChI is InChI=1S/C31H48N2O4/c1-5-30-13-10-21(33(4)29(34)37-27-17-36-28-23(27)12-15-35-28)16-20(30)6-7-22-25-9-8-24-19(2)32(3)18-31(24,25)14-11-26(22)30/h6,19,21-28H,5,7-18H2,1-4H3/t19-,21-,22-,23?,24+,25-,26-,27?,28?,30-,31?/m0/s1. The third-order valence-electron chi connectivity index (χ3n) is 13.1. The van der Waals surface area contributed by atoms with Crippen molar-refractivity contribution in [2.24, 2.45) is 40.4 Å². The maximum atomic E-state index is 13.2. The van der Waals surface area contributed by atoms with Gasteiger partial charge in [0.2, 0.25) is 0 Å². The van der Waals surface area contributed by atoms with Gasteiger partial charge in [-0.05, 0) is 113 Å². The second-order valence-corrected chi connectivity index (χ2v) is 13.9. The van der Waals surface area contributed by atoms with E-state index in [9.17, 15) is 4.79 Å². The monoisotopic (exact) mass is 512 g/mol. The minimum absolute atomic E-state index is 0.169. The molecule has 37 heavy (non-hydrogen) atoms. The molecule has 7 rings (SSSR count). The third-order valence-corrected chi connectivity index (χ3v) is 13.1. The van der Waals surface area contributed by atoms with Gasteiger partial charge in [-0.25, -0.2) is 4.79 Å². The summed E-state index contributed by atoms with van der Waals surface area (Å²) >= 11 is 0. The average Bonchev–Trinajstić information content (AvgIpc) is 3.66. The molecule has 6 nitrogen and oxygen atoms in total. The molecule has 3 saturated carbocycles. The van der Waals surface area contributed by atoms with Gasteiger partial charge < -0.3 is 24.0 Å². The van der Waals surface area contributed by atoms with Crippen LogP contribution in [0, 0.1) is 40.4 Å². The van der Waals surface area contributed by atoms with E-state index in [0.717, 1.165) is 49.0 Å². The number of rotatable bonds is 3. The summed E-state index contributed by atoms with van der Waals surface area (Å²) in [5.41, 5.74) is 2.61. The number of hydrogen-bond donors (Lipinski definition) is 0. The first-order valence-electron chi connectivity index (χ1n) is 15.4. The molecule has 6 heteroatoms. The van der Waals surface area contributed by atoms with E-state index >= 15 is 0 Å². The lowest BCUT2D eigenvalue weighted by molar-refractivity contribution is -0.0907. The van der Waals surface area contributed by atoms with Crippen molar-refractivity contribution in [1.82, 2.24) is 9.80 Å². The quantitative estimate of drug-likeness (QED) is 0.470. The number of likely N-dealkylation sites (tertiary alicyclic amines) is 1. The maximum Gasteiger partial charge on any atom is 0.410 e. The van der Waals surface area contributed by atoms with E-state index in [2.05, 4.69) is 31.9 Å². The molecule has 3 saturated heterocycles. The summed E-state index contributed by atoms with van der Waals surface area (Å²) in [4.78, 5) is 17.8. The van der Waals surface area contributed by atoms with E-state index in [-0.39, 0.29) is 30.4 Å². The van der Waals surface area contributed by atoms with Gasteiger partial charge >= 0.3 is 6.09 Å². The van der Waals surface area contributed by atoms with E-state index in [4.69, 9.17) is 14.2 Å². The van der Waals surface area contributed by atoms with Crippen molar-refractivity contribution in [3.8, 4) is 0 Å². The molecule has 1 spiro atoms. The van der Waals surface area contributed by atoms with Crippen LogP contribution in [0.15, 0.2) is 11.6 Å². The molecule has 4 aliphatic carbocycles. The Kier molecular flexibility index (Phi) is 6.03. The maximum absolute atomic E-state index is 13.2. The Bertz CT molecular complexity index is 953. The smallest absolute Gasteiger partial charge is 0.410 e. The summed E-state index contributed by atoms with van der Waals surface area (Å²) in [5.74, 6) is 3.72. The van der Waals surface area contributed by atoms with Gasteiger partial charge in [0, 0.05) is 25.7 Å². The zero-order valence-corrected chi connectivity index (χ0v) is 23.5. The van der Waals surface area contributed by atoms with Crippen molar-refractivity contribution in [2.75, 3.05) is 33.9 Å². The van der Waals surface area contributed by atoms with Gasteiger partial charge in [-0.2, -0.15) is 0 Å². The SMILES string of the molecule is CC[C@]12CC[C@H](N(C)C(=O)OC3COC4OCCC34)CC1=CC[C@H]1[C@@H]3CC[C@@H]4[C@H](C)N(C)CC43CC[C@@H]12. The molecule has 0 aromatic carbocycles. The van der Waals surface area contributed by atoms with Gasteiger partial charge in [-0.3, -0.25) is 0 Å². The van der Waals surface area contributed by atoms with Crippen LogP contribution in [0.1, 0.15) is 78.1 Å². The largest absolute Gasteiger partial charge is 0.443 e. The topological polar surface area (TPSA) is 51.2 Å². The number of fused-ring (bicyclic) bond motifs is 5. The van der Waals surface area contributed by atoms with Crippen LogP contribution >= 0.6 is 0 Å². The van der Waals surface area contributed by atoms with Crippen LogP contribution in [-0.4, -0.2) is 74.2 Å². The molecule has 0 aromatic rings. The van der Waals surface area contributed by atoms with Crippen molar-refractivity contribution < 1.29 is 19.0 Å². The molecule has 4 unspecified atom stereocenters. The Hall–Kier alpha value is -1.11. The van der Waals surface area contributed by atoms with Crippen molar-refractivity contribution in [3.63, 3.8) is 0 Å². The molecule has 7 aliphatic rings. The highest BCUT2D eigenvalue weighted by Gasteiger charge is 2.64. The second kappa shape index (κ2) is 8.96. The lowest BCUT2D eigenvalue weighted by atomic mass is 9.46. The first kappa shape index (κ1) is 24.9. The number of amides is 1. The summed E-state index contributed by atoms with van der Waals surface area (Å²) in [7, 11) is 4.33. The number of allylic oxidation sites excluding steroid dienone is 1. The summed E-state index contributed by atoms with van der Waals surface area (Å²) in [6.07, 6.45) is 14.7. The molecule has 0 radical (unpaired) electrons. The lowest BCUT2D eigenvalue weighted by Gasteiger charge is -2.59. The predicted octanol–water partition coefficient (Wildman–Crippen LogP) is 5.47. The van der Waals surface area contributed by atoms with E-state index in [0.29, 0.717) is 24.0 Å². The molecular weight excluding hydrogens is 464 g/mol. The summed E-state index contributed by atoms with van der Waals surface area (Å²) in [5, 5.41) is 0. The summed E-state index contributed by atoms with van der Waals surface area (Å²) in [6.45, 7) is 7.43. The molecule has 3 aliphatic heterocycles. The van der Waals surface area contributed by atoms with Crippen LogP contribution in [0.25, 0.3) is 0 Å². The van der Waals surface area contributed by atoms with Gasteiger partial charge in [0.25, 0.3) is 0 Å². The Morgan fingerprint density at radius 3 is 2.78 bits per heavy atom. The number of carbonyl (C=O) groups excluding carboxylic acids is 1. The second-order valence-electron chi connectivity index (χ2n) is 13.9. The number of hydrogen-bond acceptors (Lipinski definition) is 5. The van der Waals surface area contributed by atoms with Crippen LogP contribution in [-0.2, 0) is 14.2 Å². The van der Waals surface area contributed by atoms with Gasteiger partial charge in [0.1, 0.15) is 6.10 Å². The highest BCUT2D eigenvalue weighted by atomic mass is 16.7. The van der Waals surface area contributed by atoms with Gasteiger partial charge in [-0.15, -0.1) is 0 Å². The molecule has 206 valence electrons.